The van der Waals surface area contributed by atoms with Gasteiger partial charge in [-0.25, -0.2) is 13.6 Å². The van der Waals surface area contributed by atoms with Crippen LogP contribution in [0.1, 0.15) is 11.7 Å². The van der Waals surface area contributed by atoms with Gasteiger partial charge in [0.1, 0.15) is 0 Å². The Morgan fingerprint density at radius 1 is 1.40 bits per heavy atom. The van der Waals surface area contributed by atoms with Crippen LogP contribution in [0.3, 0.4) is 0 Å². The zero-order valence-electron chi connectivity index (χ0n) is 7.47. The minimum atomic E-state index is -3.82. The number of carbonyl (C=O) groups is 1. The number of carbonyl (C=O) groups excluding carboxylic acids is 1. The van der Waals surface area contributed by atoms with Crippen molar-refractivity contribution in [3.8, 4) is 0 Å². The fraction of sp³-hybridized carbons (Fsp3) is 0.125. The van der Waals surface area contributed by atoms with Gasteiger partial charge in [-0.15, -0.1) is 0 Å². The zero-order valence-corrected chi connectivity index (χ0v) is 8.28. The van der Waals surface area contributed by atoms with Gasteiger partial charge >= 0.3 is 0 Å². The van der Waals surface area contributed by atoms with E-state index in [4.69, 9.17) is 5.14 Å². The van der Waals surface area contributed by atoms with Crippen molar-refractivity contribution >= 4 is 21.6 Å². The van der Waals surface area contributed by atoms with Crippen molar-refractivity contribution in [1.82, 2.24) is 0 Å². The normalized spacial score (nSPS) is 19.9. The molecule has 0 spiro atoms. The van der Waals surface area contributed by atoms with Gasteiger partial charge in [0.25, 0.3) is 5.91 Å². The van der Waals surface area contributed by atoms with Gasteiger partial charge in [0.15, 0.2) is 6.10 Å². The Hall–Kier alpha value is -1.44. The third-order valence-electron chi connectivity index (χ3n) is 2.15. The maximum atomic E-state index is 11.1. The maximum Gasteiger partial charge on any atom is 0.257 e. The number of rotatable bonds is 1. The van der Waals surface area contributed by atoms with Crippen LogP contribution in [0.5, 0.6) is 0 Å². The van der Waals surface area contributed by atoms with Gasteiger partial charge in [-0.2, -0.15) is 0 Å². The largest absolute Gasteiger partial charge is 0.378 e. The summed E-state index contributed by atoms with van der Waals surface area (Å²) in [5, 5.41) is 16.7. The molecule has 15 heavy (non-hydrogen) atoms. The molecule has 0 fully saturated rings. The summed E-state index contributed by atoms with van der Waals surface area (Å²) >= 11 is 0. The van der Waals surface area contributed by atoms with Gasteiger partial charge in [-0.05, 0) is 18.2 Å². The summed E-state index contributed by atoms with van der Waals surface area (Å²) in [6.07, 6.45) is -1.33. The number of aliphatic hydroxyl groups excluding tert-OH is 1. The van der Waals surface area contributed by atoms with Gasteiger partial charge in [0, 0.05) is 11.3 Å². The molecule has 2 rings (SSSR count). The topological polar surface area (TPSA) is 109 Å². The van der Waals surface area contributed by atoms with E-state index in [0.29, 0.717) is 5.69 Å². The Morgan fingerprint density at radius 2 is 2.07 bits per heavy atom. The van der Waals surface area contributed by atoms with Crippen LogP contribution in [0.25, 0.3) is 0 Å². The van der Waals surface area contributed by atoms with Crippen molar-refractivity contribution in [1.29, 1.82) is 0 Å². The fourth-order valence-electron chi connectivity index (χ4n) is 1.40. The molecule has 0 saturated carbocycles. The number of hydrogen-bond acceptors (Lipinski definition) is 4. The van der Waals surface area contributed by atoms with Crippen LogP contribution >= 0.6 is 0 Å². The van der Waals surface area contributed by atoms with E-state index in [-0.39, 0.29) is 10.5 Å². The van der Waals surface area contributed by atoms with Crippen molar-refractivity contribution in [2.75, 3.05) is 5.32 Å². The van der Waals surface area contributed by atoms with E-state index in [1.165, 1.54) is 18.2 Å². The molecule has 6 nitrogen and oxygen atoms in total. The minimum absolute atomic E-state index is 0.128. The second-order valence-electron chi connectivity index (χ2n) is 3.19. The lowest BCUT2D eigenvalue weighted by atomic mass is 10.1. The molecule has 1 aromatic carbocycles. The SMILES string of the molecule is NS(=O)(=O)c1ccc2c(c1)C(O)C(=O)N2. The van der Waals surface area contributed by atoms with Gasteiger partial charge in [-0.1, -0.05) is 0 Å². The molecule has 1 unspecified atom stereocenters. The molecule has 1 atom stereocenters. The monoisotopic (exact) mass is 228 g/mol. The number of amides is 1. The molecule has 0 aliphatic carbocycles. The van der Waals surface area contributed by atoms with Crippen LogP contribution in [0.4, 0.5) is 5.69 Å². The van der Waals surface area contributed by atoms with E-state index in [2.05, 4.69) is 5.32 Å². The van der Waals surface area contributed by atoms with Crippen LogP contribution in [0.2, 0.25) is 0 Å². The summed E-state index contributed by atoms with van der Waals surface area (Å²) in [7, 11) is -3.82. The first-order chi connectivity index (χ1) is 6.89. The second kappa shape index (κ2) is 3.02. The Labute approximate surface area is 85.8 Å². The lowest BCUT2D eigenvalue weighted by molar-refractivity contribution is -0.123. The molecular formula is C8H8N2O4S. The van der Waals surface area contributed by atoms with Gasteiger partial charge < -0.3 is 10.4 Å². The number of nitrogens with two attached hydrogens (primary N) is 1. The molecule has 1 heterocycles. The van der Waals surface area contributed by atoms with Crippen LogP contribution in [0.15, 0.2) is 23.1 Å². The number of hydrogen-bond donors (Lipinski definition) is 3. The smallest absolute Gasteiger partial charge is 0.257 e. The summed E-state index contributed by atoms with van der Waals surface area (Å²) in [5.74, 6) is -0.573. The maximum absolute atomic E-state index is 11.1. The molecule has 1 aliphatic rings. The number of nitrogens with one attached hydrogen (secondary N) is 1. The van der Waals surface area contributed by atoms with Crippen molar-refractivity contribution in [3.05, 3.63) is 23.8 Å². The molecule has 80 valence electrons. The molecule has 1 aromatic rings. The lowest BCUT2D eigenvalue weighted by Crippen LogP contribution is -2.12. The van der Waals surface area contributed by atoms with Crippen molar-refractivity contribution in [2.24, 2.45) is 5.14 Å². The molecule has 0 aromatic heterocycles. The van der Waals surface area contributed by atoms with Gasteiger partial charge in [-0.3, -0.25) is 4.79 Å². The number of aliphatic hydroxyl groups is 1. The predicted molar refractivity (Wildman–Crippen MR) is 51.4 cm³/mol. The second-order valence-corrected chi connectivity index (χ2v) is 4.75. The van der Waals surface area contributed by atoms with E-state index in [1.807, 2.05) is 0 Å². The highest BCUT2D eigenvalue weighted by atomic mass is 32.2. The van der Waals surface area contributed by atoms with Crippen LogP contribution in [0, 0.1) is 0 Å². The van der Waals surface area contributed by atoms with Crippen molar-refractivity contribution in [2.45, 2.75) is 11.0 Å². The van der Waals surface area contributed by atoms with Gasteiger partial charge in [0.2, 0.25) is 10.0 Å². The Bertz CT molecular complexity index is 538. The molecular weight excluding hydrogens is 220 g/mol. The molecule has 1 amide bonds. The fourth-order valence-corrected chi connectivity index (χ4v) is 1.95. The van der Waals surface area contributed by atoms with Crippen molar-refractivity contribution < 1.29 is 18.3 Å². The highest BCUT2D eigenvalue weighted by molar-refractivity contribution is 7.89. The average molecular weight is 228 g/mol. The van der Waals surface area contributed by atoms with Crippen LogP contribution in [-0.2, 0) is 14.8 Å². The molecule has 1 aliphatic heterocycles. The summed E-state index contributed by atoms with van der Waals surface area (Å²) < 4.78 is 22.0. The third-order valence-corrected chi connectivity index (χ3v) is 3.06. The lowest BCUT2D eigenvalue weighted by Gasteiger charge is -2.03. The predicted octanol–water partition coefficient (Wildman–Crippen LogP) is -0.680. The number of benzene rings is 1. The zero-order chi connectivity index (χ0) is 11.2. The minimum Gasteiger partial charge on any atom is -0.378 e. The highest BCUT2D eigenvalue weighted by Crippen LogP contribution is 2.31. The molecule has 4 N–H and O–H groups in total. The quantitative estimate of drug-likeness (QED) is 0.591. The Balaban J connectivity index is 2.58. The summed E-state index contributed by atoms with van der Waals surface area (Å²) in [6.45, 7) is 0. The number of anilines is 1. The van der Waals surface area contributed by atoms with Crippen molar-refractivity contribution in [3.63, 3.8) is 0 Å². The molecule has 0 saturated heterocycles. The number of fused-ring (bicyclic) bond motifs is 1. The molecule has 0 bridgehead atoms. The van der Waals surface area contributed by atoms with E-state index in [9.17, 15) is 18.3 Å². The summed E-state index contributed by atoms with van der Waals surface area (Å²) in [6, 6.07) is 3.85. The van der Waals surface area contributed by atoms with E-state index >= 15 is 0 Å². The van der Waals surface area contributed by atoms with Gasteiger partial charge in [0.05, 0.1) is 4.90 Å². The average Bonchev–Trinajstić information content (AvgIpc) is 2.41. The Morgan fingerprint density at radius 3 is 2.67 bits per heavy atom. The summed E-state index contributed by atoms with van der Waals surface area (Å²) in [4.78, 5) is 10.9. The highest BCUT2D eigenvalue weighted by Gasteiger charge is 2.29. The third kappa shape index (κ3) is 1.60. The molecule has 7 heteroatoms. The number of primary sulfonamides is 1. The number of sulfonamides is 1. The first-order valence-electron chi connectivity index (χ1n) is 4.05. The van der Waals surface area contributed by atoms with Crippen LogP contribution < -0.4 is 10.5 Å². The van der Waals surface area contributed by atoms with E-state index in [1.54, 1.807) is 0 Å². The Kier molecular flexibility index (Phi) is 2.03. The van der Waals surface area contributed by atoms with Crippen LogP contribution in [-0.4, -0.2) is 19.4 Å². The summed E-state index contributed by atoms with van der Waals surface area (Å²) in [5.41, 5.74) is 0.631. The van der Waals surface area contributed by atoms with E-state index in [0.717, 1.165) is 0 Å². The standard InChI is InChI=1S/C8H8N2O4S/c9-15(13,14)4-1-2-6-5(3-4)7(11)8(12)10-6/h1-3,7,11H,(H,10,12)(H2,9,13,14). The first kappa shape index (κ1) is 10.1. The molecule has 0 radical (unpaired) electrons. The first-order valence-corrected chi connectivity index (χ1v) is 5.60. The van der Waals surface area contributed by atoms with E-state index < -0.39 is 22.0 Å².